The van der Waals surface area contributed by atoms with Crippen molar-refractivity contribution in [2.24, 2.45) is 5.92 Å². The zero-order valence-corrected chi connectivity index (χ0v) is 15.3. The molecule has 0 spiro atoms. The fraction of sp³-hybridized carbons (Fsp3) is 0.611. The van der Waals surface area contributed by atoms with Crippen LogP contribution in [0.1, 0.15) is 19.8 Å². The van der Waals surface area contributed by atoms with Gasteiger partial charge in [0.25, 0.3) is 0 Å². The fourth-order valence-electron chi connectivity index (χ4n) is 3.37. The van der Waals surface area contributed by atoms with Crippen molar-refractivity contribution in [1.29, 1.82) is 0 Å². The lowest BCUT2D eigenvalue weighted by atomic mass is 9.98. The van der Waals surface area contributed by atoms with Crippen molar-refractivity contribution in [2.45, 2.75) is 25.8 Å². The lowest BCUT2D eigenvalue weighted by molar-refractivity contribution is 0.216. The number of methoxy groups -OCH3 is 2. The van der Waals surface area contributed by atoms with Gasteiger partial charge in [-0.1, -0.05) is 13.3 Å². The van der Waals surface area contributed by atoms with E-state index in [-0.39, 0.29) is 6.03 Å². The van der Waals surface area contributed by atoms with Crippen LogP contribution in [0.5, 0.6) is 11.5 Å². The highest BCUT2D eigenvalue weighted by Crippen LogP contribution is 2.30. The molecule has 2 amide bonds. The minimum Gasteiger partial charge on any atom is -0.497 e. The van der Waals surface area contributed by atoms with Crippen LogP contribution in [0.3, 0.4) is 0 Å². The van der Waals surface area contributed by atoms with E-state index in [0.29, 0.717) is 29.1 Å². The summed E-state index contributed by atoms with van der Waals surface area (Å²) in [6.45, 7) is 3.72. The van der Waals surface area contributed by atoms with Gasteiger partial charge < -0.3 is 24.6 Å². The van der Waals surface area contributed by atoms with Gasteiger partial charge in [0.05, 0.1) is 19.9 Å². The minimum absolute atomic E-state index is 0.0907. The number of carbonyl (C=O) groups is 1. The number of carbonyl (C=O) groups excluding carboxylic acids is 1. The molecule has 0 saturated carbocycles. The maximum atomic E-state index is 12.7. The third-order valence-corrected chi connectivity index (χ3v) is 4.66. The summed E-state index contributed by atoms with van der Waals surface area (Å²) < 4.78 is 10.6. The van der Waals surface area contributed by atoms with Gasteiger partial charge >= 0.3 is 6.03 Å². The van der Waals surface area contributed by atoms with Crippen LogP contribution in [0.4, 0.5) is 10.5 Å². The molecular weight excluding hydrogens is 306 g/mol. The number of rotatable bonds is 6. The standard InChI is InChI=1S/C18H29N3O3/c1-6-7-13-11-21(12-16(13)20(2)3)18(22)19-15-10-14(23-4)8-9-17(15)24-5/h8-10,13,16H,6-7,11-12H2,1-5H3,(H,19,22)/t13-,16-/m1/s1. The second-order valence-electron chi connectivity index (χ2n) is 6.48. The zero-order valence-electron chi connectivity index (χ0n) is 15.3. The number of benzene rings is 1. The van der Waals surface area contributed by atoms with Crippen molar-refractivity contribution in [3.05, 3.63) is 18.2 Å². The Bertz CT molecular complexity index is 562. The molecule has 0 radical (unpaired) electrons. The summed E-state index contributed by atoms with van der Waals surface area (Å²) in [5.74, 6) is 1.82. The highest BCUT2D eigenvalue weighted by atomic mass is 16.5. The topological polar surface area (TPSA) is 54.0 Å². The van der Waals surface area contributed by atoms with Crippen molar-refractivity contribution < 1.29 is 14.3 Å². The molecule has 0 unspecified atom stereocenters. The number of urea groups is 1. The molecule has 0 aliphatic carbocycles. The Morgan fingerprint density at radius 3 is 2.62 bits per heavy atom. The first kappa shape index (κ1) is 18.4. The van der Waals surface area contributed by atoms with Gasteiger partial charge in [-0.25, -0.2) is 4.79 Å². The molecule has 1 aromatic carbocycles. The third-order valence-electron chi connectivity index (χ3n) is 4.66. The van der Waals surface area contributed by atoms with E-state index in [2.05, 4.69) is 31.2 Å². The first-order chi connectivity index (χ1) is 11.5. The van der Waals surface area contributed by atoms with Gasteiger partial charge in [0.15, 0.2) is 0 Å². The molecule has 1 aliphatic heterocycles. The SMILES string of the molecule is CCC[C@@H]1CN(C(=O)Nc2cc(OC)ccc2OC)C[C@H]1N(C)C. The Hall–Kier alpha value is -1.95. The number of hydrogen-bond donors (Lipinski definition) is 1. The van der Waals surface area contributed by atoms with E-state index in [1.165, 1.54) is 0 Å². The van der Waals surface area contributed by atoms with Crippen LogP contribution in [0, 0.1) is 5.92 Å². The smallest absolute Gasteiger partial charge is 0.322 e. The molecule has 6 heteroatoms. The summed E-state index contributed by atoms with van der Waals surface area (Å²) >= 11 is 0. The Kier molecular flexibility index (Phi) is 6.31. The molecule has 0 aromatic heterocycles. The summed E-state index contributed by atoms with van der Waals surface area (Å²) in [5.41, 5.74) is 0.627. The van der Waals surface area contributed by atoms with E-state index < -0.39 is 0 Å². The fourth-order valence-corrected chi connectivity index (χ4v) is 3.37. The van der Waals surface area contributed by atoms with Crippen LogP contribution < -0.4 is 14.8 Å². The van der Waals surface area contributed by atoms with Gasteiger partial charge in [0.1, 0.15) is 11.5 Å². The Balaban J connectivity index is 2.10. The normalized spacial score (nSPS) is 20.3. The average Bonchev–Trinajstić information content (AvgIpc) is 2.99. The molecule has 2 atom stereocenters. The number of hydrogen-bond acceptors (Lipinski definition) is 4. The maximum Gasteiger partial charge on any atom is 0.322 e. The maximum absolute atomic E-state index is 12.7. The molecule has 2 rings (SSSR count). The molecule has 24 heavy (non-hydrogen) atoms. The predicted octanol–water partition coefficient (Wildman–Crippen LogP) is 2.90. The van der Waals surface area contributed by atoms with Crippen LogP contribution in [-0.4, -0.2) is 63.3 Å². The van der Waals surface area contributed by atoms with Gasteiger partial charge in [-0.15, -0.1) is 0 Å². The van der Waals surface area contributed by atoms with Gasteiger partial charge in [-0.3, -0.25) is 0 Å². The Morgan fingerprint density at radius 1 is 1.29 bits per heavy atom. The monoisotopic (exact) mass is 335 g/mol. The number of anilines is 1. The highest BCUT2D eigenvalue weighted by molar-refractivity contribution is 5.91. The van der Waals surface area contributed by atoms with Gasteiger partial charge in [-0.2, -0.15) is 0 Å². The van der Waals surface area contributed by atoms with Gasteiger partial charge in [0.2, 0.25) is 0 Å². The Morgan fingerprint density at radius 2 is 2.04 bits per heavy atom. The van der Waals surface area contributed by atoms with Crippen molar-refractivity contribution in [1.82, 2.24) is 9.80 Å². The number of nitrogens with one attached hydrogen (secondary N) is 1. The summed E-state index contributed by atoms with van der Waals surface area (Å²) in [7, 11) is 7.36. The van der Waals surface area contributed by atoms with Crippen LogP contribution in [0.15, 0.2) is 18.2 Å². The van der Waals surface area contributed by atoms with Gasteiger partial charge in [-0.05, 0) is 38.6 Å². The quantitative estimate of drug-likeness (QED) is 0.868. The Labute approximate surface area is 144 Å². The van der Waals surface area contributed by atoms with E-state index in [9.17, 15) is 4.79 Å². The van der Waals surface area contributed by atoms with E-state index in [1.54, 1.807) is 26.4 Å². The number of ether oxygens (including phenoxy) is 2. The molecule has 6 nitrogen and oxygen atoms in total. The lowest BCUT2D eigenvalue weighted by Gasteiger charge is -2.24. The van der Waals surface area contributed by atoms with Gasteiger partial charge in [0, 0.05) is 25.2 Å². The molecule has 1 fully saturated rings. The first-order valence-corrected chi connectivity index (χ1v) is 8.44. The van der Waals surface area contributed by atoms with E-state index in [0.717, 1.165) is 25.9 Å². The predicted molar refractivity (Wildman–Crippen MR) is 96.0 cm³/mol. The first-order valence-electron chi connectivity index (χ1n) is 8.44. The number of amides is 2. The summed E-state index contributed by atoms with van der Waals surface area (Å²) in [6.07, 6.45) is 2.27. The van der Waals surface area contributed by atoms with Crippen LogP contribution in [0.2, 0.25) is 0 Å². The van der Waals surface area contributed by atoms with Crippen molar-refractivity contribution in [2.75, 3.05) is 46.7 Å². The second-order valence-corrected chi connectivity index (χ2v) is 6.48. The minimum atomic E-state index is -0.0907. The summed E-state index contributed by atoms with van der Waals surface area (Å²) in [5, 5.41) is 2.96. The third kappa shape index (κ3) is 4.12. The largest absolute Gasteiger partial charge is 0.497 e. The molecule has 1 aliphatic rings. The summed E-state index contributed by atoms with van der Waals surface area (Å²) in [6, 6.07) is 5.69. The molecule has 1 N–H and O–H groups in total. The van der Waals surface area contributed by atoms with Crippen LogP contribution >= 0.6 is 0 Å². The zero-order chi connectivity index (χ0) is 17.7. The van der Waals surface area contributed by atoms with Crippen LogP contribution in [0.25, 0.3) is 0 Å². The molecule has 1 aromatic rings. The molecule has 0 bridgehead atoms. The lowest BCUT2D eigenvalue weighted by Crippen LogP contribution is -2.37. The van der Waals surface area contributed by atoms with Crippen molar-refractivity contribution in [3.8, 4) is 11.5 Å². The highest BCUT2D eigenvalue weighted by Gasteiger charge is 2.36. The second kappa shape index (κ2) is 8.24. The van der Waals surface area contributed by atoms with E-state index >= 15 is 0 Å². The number of likely N-dealkylation sites (tertiary alicyclic amines) is 1. The van der Waals surface area contributed by atoms with E-state index in [4.69, 9.17) is 9.47 Å². The summed E-state index contributed by atoms with van der Waals surface area (Å²) in [4.78, 5) is 16.8. The number of nitrogens with zero attached hydrogens (tertiary/aromatic N) is 2. The molecule has 134 valence electrons. The van der Waals surface area contributed by atoms with Crippen LogP contribution in [-0.2, 0) is 0 Å². The molecule has 1 saturated heterocycles. The molecule has 1 heterocycles. The van der Waals surface area contributed by atoms with Crippen molar-refractivity contribution in [3.63, 3.8) is 0 Å². The van der Waals surface area contributed by atoms with E-state index in [1.807, 2.05) is 11.0 Å². The average molecular weight is 335 g/mol. The number of likely N-dealkylation sites (N-methyl/N-ethyl adjacent to an activating group) is 1. The molecular formula is C18H29N3O3. The van der Waals surface area contributed by atoms with Crippen molar-refractivity contribution >= 4 is 11.7 Å².